The molecule has 1 aromatic carbocycles. The number of hydrogen-bond acceptors (Lipinski definition) is 4. The number of aliphatic hydroxyl groups is 1. The molecule has 2 aliphatic carbocycles. The van der Waals surface area contributed by atoms with Gasteiger partial charge in [-0.05, 0) is 68.7 Å². The third kappa shape index (κ3) is 4.95. The number of carbonyl (C=O) groups excluding carboxylic acids is 1. The molecule has 1 amide bonds. The number of carbonyl (C=O) groups is 1. The quantitative estimate of drug-likeness (QED) is 0.729. The minimum absolute atomic E-state index is 0. The third-order valence-electron chi connectivity index (χ3n) is 6.26. The summed E-state index contributed by atoms with van der Waals surface area (Å²) < 4.78 is 5.92. The summed E-state index contributed by atoms with van der Waals surface area (Å²) in [5.74, 6) is 1.48. The number of benzene rings is 1. The first kappa shape index (κ1) is 20.4. The van der Waals surface area contributed by atoms with Crippen LogP contribution in [-0.4, -0.2) is 35.3 Å². The van der Waals surface area contributed by atoms with E-state index in [1.165, 1.54) is 25.7 Å². The summed E-state index contributed by atoms with van der Waals surface area (Å²) in [7, 11) is 0. The highest BCUT2D eigenvalue weighted by molar-refractivity contribution is 5.95. The van der Waals surface area contributed by atoms with Crippen molar-refractivity contribution < 1.29 is 14.6 Å². The average Bonchev–Trinajstić information content (AvgIpc) is 3.10. The van der Waals surface area contributed by atoms with E-state index in [2.05, 4.69) is 10.6 Å². The van der Waals surface area contributed by atoms with E-state index in [0.29, 0.717) is 12.0 Å². The van der Waals surface area contributed by atoms with Crippen LogP contribution in [0.15, 0.2) is 24.3 Å². The Morgan fingerprint density at radius 1 is 1.04 bits per heavy atom. The zero-order chi connectivity index (χ0) is 17.9. The Bertz CT molecular complexity index is 610. The number of anilines is 1. The molecule has 1 heterocycles. The van der Waals surface area contributed by atoms with Crippen LogP contribution in [0.25, 0.3) is 0 Å². The fourth-order valence-electron chi connectivity index (χ4n) is 4.76. The first-order chi connectivity index (χ1) is 12.7. The van der Waals surface area contributed by atoms with Crippen molar-refractivity contribution in [2.24, 2.45) is 5.92 Å². The van der Waals surface area contributed by atoms with Gasteiger partial charge >= 0.3 is 0 Å². The predicted octanol–water partition coefficient (Wildman–Crippen LogP) is 3.65. The smallest absolute Gasteiger partial charge is 0.241 e. The van der Waals surface area contributed by atoms with Gasteiger partial charge in [0.05, 0.1) is 12.1 Å². The summed E-state index contributed by atoms with van der Waals surface area (Å²) in [6, 6.07) is 7.96. The molecule has 0 spiro atoms. The zero-order valence-corrected chi connectivity index (χ0v) is 16.5. The highest BCUT2D eigenvalue weighted by Crippen LogP contribution is 2.33. The Morgan fingerprint density at radius 3 is 2.48 bits per heavy atom. The molecule has 0 radical (unpaired) electrons. The molecule has 5 nitrogen and oxygen atoms in total. The number of ether oxygens (including phenoxy) is 1. The molecule has 3 N–H and O–H groups in total. The minimum Gasteiger partial charge on any atom is -0.488 e. The predicted molar refractivity (Wildman–Crippen MR) is 108 cm³/mol. The van der Waals surface area contributed by atoms with Crippen molar-refractivity contribution in [2.75, 3.05) is 5.32 Å². The number of hydrogen-bond donors (Lipinski definition) is 3. The Kier molecular flexibility index (Phi) is 7.01. The van der Waals surface area contributed by atoms with Gasteiger partial charge in [0.25, 0.3) is 0 Å². The van der Waals surface area contributed by atoms with Crippen molar-refractivity contribution in [3.8, 4) is 5.75 Å². The summed E-state index contributed by atoms with van der Waals surface area (Å²) in [4.78, 5) is 12.6. The van der Waals surface area contributed by atoms with Crippen LogP contribution in [0, 0.1) is 5.92 Å². The van der Waals surface area contributed by atoms with Crippen molar-refractivity contribution in [3.05, 3.63) is 24.3 Å². The van der Waals surface area contributed by atoms with Gasteiger partial charge in [-0.3, -0.25) is 4.79 Å². The minimum atomic E-state index is -0.375. The van der Waals surface area contributed by atoms with Gasteiger partial charge in [-0.1, -0.05) is 19.3 Å². The van der Waals surface area contributed by atoms with Gasteiger partial charge in [-0.15, -0.1) is 12.4 Å². The third-order valence-corrected chi connectivity index (χ3v) is 6.26. The van der Waals surface area contributed by atoms with Crippen LogP contribution in [-0.2, 0) is 4.79 Å². The molecule has 0 aromatic heterocycles. The molecule has 3 fully saturated rings. The molecule has 1 aromatic rings. The second-order valence-corrected chi connectivity index (χ2v) is 8.13. The molecule has 1 aliphatic heterocycles. The van der Waals surface area contributed by atoms with Crippen molar-refractivity contribution in [2.45, 2.75) is 82.1 Å². The lowest BCUT2D eigenvalue weighted by atomic mass is 9.85. The van der Waals surface area contributed by atoms with Crippen LogP contribution in [0.4, 0.5) is 5.69 Å². The lowest BCUT2D eigenvalue weighted by molar-refractivity contribution is -0.117. The fraction of sp³-hybridized carbons (Fsp3) is 0.667. The largest absolute Gasteiger partial charge is 0.488 e. The molecule has 150 valence electrons. The van der Waals surface area contributed by atoms with Gasteiger partial charge in [0.15, 0.2) is 0 Å². The number of nitrogens with one attached hydrogen (secondary N) is 2. The lowest BCUT2D eigenvalue weighted by Crippen LogP contribution is -2.39. The second-order valence-electron chi connectivity index (χ2n) is 8.13. The fourth-order valence-corrected chi connectivity index (χ4v) is 4.76. The number of rotatable bonds is 4. The Balaban J connectivity index is 0.00000210. The molecule has 6 heteroatoms. The number of fused-ring (bicyclic) bond motifs is 1. The van der Waals surface area contributed by atoms with Crippen molar-refractivity contribution >= 4 is 24.0 Å². The van der Waals surface area contributed by atoms with E-state index in [-0.39, 0.29) is 36.6 Å². The van der Waals surface area contributed by atoms with Gasteiger partial charge in [0, 0.05) is 11.7 Å². The Labute approximate surface area is 167 Å². The molecule has 5 unspecified atom stereocenters. The maximum absolute atomic E-state index is 12.6. The topological polar surface area (TPSA) is 70.6 Å². The van der Waals surface area contributed by atoms with Crippen LogP contribution in [0.5, 0.6) is 5.75 Å². The van der Waals surface area contributed by atoms with E-state index in [1.54, 1.807) is 0 Å². The summed E-state index contributed by atoms with van der Waals surface area (Å²) in [6.07, 6.45) is 9.38. The Hall–Kier alpha value is -1.30. The van der Waals surface area contributed by atoms with E-state index < -0.39 is 0 Å². The van der Waals surface area contributed by atoms with Gasteiger partial charge in [-0.25, -0.2) is 0 Å². The molecular formula is C21H31ClN2O3. The van der Waals surface area contributed by atoms with Crippen LogP contribution in [0.1, 0.15) is 57.8 Å². The lowest BCUT2D eigenvalue weighted by Gasteiger charge is -2.28. The molecule has 27 heavy (non-hydrogen) atoms. The summed E-state index contributed by atoms with van der Waals surface area (Å²) in [6.45, 7) is 0. The van der Waals surface area contributed by atoms with Gasteiger partial charge in [0.2, 0.25) is 5.91 Å². The highest BCUT2D eigenvalue weighted by atomic mass is 35.5. The van der Waals surface area contributed by atoms with Crippen LogP contribution < -0.4 is 15.4 Å². The van der Waals surface area contributed by atoms with Crippen LogP contribution in [0.3, 0.4) is 0 Å². The van der Waals surface area contributed by atoms with Gasteiger partial charge in [0.1, 0.15) is 11.9 Å². The normalized spacial score (nSPS) is 32.9. The zero-order valence-electron chi connectivity index (χ0n) is 15.7. The first-order valence-corrected chi connectivity index (χ1v) is 10.2. The maximum atomic E-state index is 12.6. The first-order valence-electron chi connectivity index (χ1n) is 10.2. The molecule has 2 saturated carbocycles. The summed E-state index contributed by atoms with van der Waals surface area (Å²) in [5.41, 5.74) is 0.795. The molecule has 3 aliphatic rings. The number of aliphatic hydroxyl groups excluding tert-OH is 1. The van der Waals surface area contributed by atoms with Crippen molar-refractivity contribution in [1.29, 1.82) is 0 Å². The summed E-state index contributed by atoms with van der Waals surface area (Å²) >= 11 is 0. The number of amides is 1. The SMILES string of the molecule is Cl.O=C(Nc1ccc(OC2CCCCC2O)cc1)C1CC2CCCCC2N1. The Morgan fingerprint density at radius 2 is 1.74 bits per heavy atom. The summed E-state index contributed by atoms with van der Waals surface area (Å²) in [5, 5.41) is 16.6. The van der Waals surface area contributed by atoms with E-state index in [4.69, 9.17) is 4.74 Å². The van der Waals surface area contributed by atoms with Crippen molar-refractivity contribution in [1.82, 2.24) is 5.32 Å². The molecule has 0 bridgehead atoms. The van der Waals surface area contributed by atoms with Crippen molar-refractivity contribution in [3.63, 3.8) is 0 Å². The van der Waals surface area contributed by atoms with Gasteiger partial charge < -0.3 is 20.5 Å². The monoisotopic (exact) mass is 394 g/mol. The highest BCUT2D eigenvalue weighted by Gasteiger charge is 2.38. The van der Waals surface area contributed by atoms with E-state index in [9.17, 15) is 9.90 Å². The molecule has 5 atom stereocenters. The average molecular weight is 395 g/mol. The second kappa shape index (κ2) is 9.26. The standard InChI is InChI=1S/C21H30N2O3.ClH/c24-19-7-3-4-8-20(19)26-16-11-9-15(10-12-16)22-21(25)18-13-14-5-1-2-6-17(14)23-18;/h9-12,14,17-20,23-24H,1-8,13H2,(H,22,25);1H. The van der Waals surface area contributed by atoms with Crippen LogP contribution >= 0.6 is 12.4 Å². The van der Waals surface area contributed by atoms with E-state index in [0.717, 1.165) is 43.5 Å². The van der Waals surface area contributed by atoms with E-state index >= 15 is 0 Å². The molecule has 1 saturated heterocycles. The maximum Gasteiger partial charge on any atom is 0.241 e. The number of halogens is 1. The van der Waals surface area contributed by atoms with Crippen LogP contribution in [0.2, 0.25) is 0 Å². The molecule has 4 rings (SSSR count). The van der Waals surface area contributed by atoms with E-state index in [1.807, 2.05) is 24.3 Å². The van der Waals surface area contributed by atoms with Gasteiger partial charge in [-0.2, -0.15) is 0 Å². The molecular weight excluding hydrogens is 364 g/mol.